The van der Waals surface area contributed by atoms with Gasteiger partial charge in [0.05, 0.1) is 0 Å². The van der Waals surface area contributed by atoms with Crippen LogP contribution in [-0.4, -0.2) is 35.9 Å². The molecule has 3 heterocycles. The summed E-state index contributed by atoms with van der Waals surface area (Å²) in [6.07, 6.45) is 3.78. The zero-order valence-corrected chi connectivity index (χ0v) is 13.7. The number of fused-ring (bicyclic) bond motifs is 1. The molecule has 0 bridgehead atoms. The van der Waals surface area contributed by atoms with E-state index in [2.05, 4.69) is 15.1 Å². The third kappa shape index (κ3) is 3.04. The Hall–Kier alpha value is -0.810. The molecule has 0 saturated carbocycles. The lowest BCUT2D eigenvalue weighted by Crippen LogP contribution is -2.32. The lowest BCUT2D eigenvalue weighted by molar-refractivity contribution is 0.476. The van der Waals surface area contributed by atoms with Crippen molar-refractivity contribution in [3.8, 4) is 0 Å². The van der Waals surface area contributed by atoms with Gasteiger partial charge in [-0.05, 0) is 30.3 Å². The first-order valence-corrected chi connectivity index (χ1v) is 10.1. The van der Waals surface area contributed by atoms with Gasteiger partial charge in [-0.3, -0.25) is 4.40 Å². The Labute approximate surface area is 131 Å². The quantitative estimate of drug-likeness (QED) is 0.553. The number of nitrogens with zero attached hydrogens (tertiary/aromatic N) is 2. The highest BCUT2D eigenvalue weighted by molar-refractivity contribution is 7.99. The summed E-state index contributed by atoms with van der Waals surface area (Å²) < 4.78 is 29.4. The summed E-state index contributed by atoms with van der Waals surface area (Å²) in [5, 5.41) is 1.87. The fourth-order valence-electron chi connectivity index (χ4n) is 2.36. The molecule has 116 valence electrons. The van der Waals surface area contributed by atoms with Crippen LogP contribution in [0.5, 0.6) is 0 Å². The van der Waals surface area contributed by atoms with Crippen LogP contribution in [-0.2, 0) is 10.0 Å². The van der Waals surface area contributed by atoms with Crippen LogP contribution in [0.4, 0.5) is 5.82 Å². The Morgan fingerprint density at radius 3 is 2.90 bits per heavy atom. The van der Waals surface area contributed by atoms with E-state index in [-0.39, 0.29) is 10.8 Å². The predicted molar refractivity (Wildman–Crippen MR) is 86.1 cm³/mol. The van der Waals surface area contributed by atoms with E-state index in [0.717, 1.165) is 24.3 Å². The summed E-state index contributed by atoms with van der Waals surface area (Å²) >= 11 is 3.28. The van der Waals surface area contributed by atoms with Gasteiger partial charge >= 0.3 is 0 Å². The number of rotatable bonds is 5. The normalized spacial score (nSPS) is 17.4. The molecule has 0 amide bonds. The van der Waals surface area contributed by atoms with E-state index in [1.54, 1.807) is 16.0 Å². The monoisotopic (exact) mass is 347 g/mol. The van der Waals surface area contributed by atoms with E-state index in [1.807, 2.05) is 11.8 Å². The Bertz CT molecular complexity index is 717. The lowest BCUT2D eigenvalue weighted by Gasteiger charge is -2.21. The van der Waals surface area contributed by atoms with Gasteiger partial charge in [0.1, 0.15) is 0 Å². The van der Waals surface area contributed by atoms with E-state index in [9.17, 15) is 8.42 Å². The van der Waals surface area contributed by atoms with Gasteiger partial charge in [-0.1, -0.05) is 0 Å². The van der Waals surface area contributed by atoms with Crippen LogP contribution in [0.1, 0.15) is 12.8 Å². The number of thioether (sulfide) groups is 1. The molecule has 1 fully saturated rings. The number of thiazole rings is 1. The fraction of sp³-hybridized carbons (Fsp3) is 0.545. The molecular formula is C11H17N5O2S3. The van der Waals surface area contributed by atoms with Crippen molar-refractivity contribution in [2.24, 2.45) is 11.8 Å². The molecule has 1 saturated heterocycles. The second-order valence-corrected chi connectivity index (χ2v) is 8.65. The summed E-state index contributed by atoms with van der Waals surface area (Å²) in [6, 6.07) is 0. The van der Waals surface area contributed by atoms with Crippen LogP contribution < -0.4 is 16.0 Å². The van der Waals surface area contributed by atoms with Crippen LogP contribution >= 0.6 is 23.1 Å². The second-order valence-electron chi connectivity index (χ2n) is 4.87. The summed E-state index contributed by atoms with van der Waals surface area (Å²) in [7, 11) is -3.65. The number of anilines is 1. The number of sulfonamides is 1. The maximum Gasteiger partial charge on any atom is 0.260 e. The average Bonchev–Trinajstić information content (AvgIpc) is 3.06. The maximum atomic E-state index is 12.6. The molecule has 1 aliphatic rings. The largest absolute Gasteiger partial charge is 0.306 e. The molecule has 2 aromatic rings. The molecule has 1 aliphatic heterocycles. The minimum absolute atomic E-state index is 0.0754. The van der Waals surface area contributed by atoms with Gasteiger partial charge in [0, 0.05) is 18.1 Å². The van der Waals surface area contributed by atoms with E-state index in [0.29, 0.717) is 17.4 Å². The topological polar surface area (TPSA) is 102 Å². The first-order valence-electron chi connectivity index (χ1n) is 6.61. The van der Waals surface area contributed by atoms with Crippen LogP contribution in [0.15, 0.2) is 16.6 Å². The Morgan fingerprint density at radius 1 is 1.43 bits per heavy atom. The highest BCUT2D eigenvalue weighted by atomic mass is 32.2. The average molecular weight is 347 g/mol. The number of aromatic nitrogens is 2. The van der Waals surface area contributed by atoms with E-state index >= 15 is 0 Å². The highest BCUT2D eigenvalue weighted by Crippen LogP contribution is 2.26. The molecule has 10 heteroatoms. The number of imidazole rings is 1. The molecule has 3 rings (SSSR count). The molecule has 4 N–H and O–H groups in total. The maximum absolute atomic E-state index is 12.6. The van der Waals surface area contributed by atoms with Crippen molar-refractivity contribution in [2.75, 3.05) is 23.5 Å². The number of hydrogen-bond acceptors (Lipinski definition) is 7. The molecule has 0 unspecified atom stereocenters. The van der Waals surface area contributed by atoms with Crippen LogP contribution in [0.2, 0.25) is 0 Å². The van der Waals surface area contributed by atoms with Gasteiger partial charge in [-0.2, -0.15) is 16.7 Å². The Morgan fingerprint density at radius 2 is 2.19 bits per heavy atom. The van der Waals surface area contributed by atoms with Crippen molar-refractivity contribution in [2.45, 2.75) is 17.9 Å². The molecule has 21 heavy (non-hydrogen) atoms. The molecule has 7 nitrogen and oxygen atoms in total. The summed E-state index contributed by atoms with van der Waals surface area (Å²) in [4.78, 5) is 4.77. The third-order valence-electron chi connectivity index (χ3n) is 3.51. The van der Waals surface area contributed by atoms with Gasteiger partial charge in [0.15, 0.2) is 10.8 Å². The number of hydrazine groups is 1. The van der Waals surface area contributed by atoms with Crippen molar-refractivity contribution < 1.29 is 8.42 Å². The van der Waals surface area contributed by atoms with Gasteiger partial charge in [-0.25, -0.2) is 19.0 Å². The van der Waals surface area contributed by atoms with Gasteiger partial charge in [0.25, 0.3) is 10.0 Å². The number of nitrogens with one attached hydrogen (secondary N) is 2. The van der Waals surface area contributed by atoms with E-state index < -0.39 is 10.0 Å². The lowest BCUT2D eigenvalue weighted by atomic mass is 10.0. The standard InChI is InChI=1S/C11H17N5O2S3/c12-15-9-10(16-3-6-20-11(16)14-9)21(17,18)13-7-8-1-4-19-5-2-8/h3,6,8,13,15H,1-2,4-5,7,12H2. The number of nitrogen functional groups attached to an aromatic ring is 1. The smallest absolute Gasteiger partial charge is 0.260 e. The first kappa shape index (κ1) is 15.1. The molecule has 0 radical (unpaired) electrons. The van der Waals surface area contributed by atoms with E-state index in [1.165, 1.54) is 11.3 Å². The molecule has 0 aromatic carbocycles. The molecule has 0 atom stereocenters. The summed E-state index contributed by atoms with van der Waals surface area (Å²) in [5.74, 6) is 8.17. The predicted octanol–water partition coefficient (Wildman–Crippen LogP) is 1.10. The number of hydrogen-bond donors (Lipinski definition) is 3. The Balaban J connectivity index is 1.83. The van der Waals surface area contributed by atoms with Crippen LogP contribution in [0.3, 0.4) is 0 Å². The van der Waals surface area contributed by atoms with Gasteiger partial charge in [-0.15, -0.1) is 11.3 Å². The zero-order valence-electron chi connectivity index (χ0n) is 11.3. The Kier molecular flexibility index (Phi) is 4.41. The van der Waals surface area contributed by atoms with Gasteiger partial charge < -0.3 is 5.43 Å². The first-order chi connectivity index (χ1) is 10.1. The summed E-state index contributed by atoms with van der Waals surface area (Å²) in [6.45, 7) is 0.463. The summed E-state index contributed by atoms with van der Waals surface area (Å²) in [5.41, 5.74) is 2.37. The van der Waals surface area contributed by atoms with Gasteiger partial charge in [0.2, 0.25) is 5.03 Å². The van der Waals surface area contributed by atoms with Crippen molar-refractivity contribution in [3.05, 3.63) is 11.6 Å². The van der Waals surface area contributed by atoms with Crippen LogP contribution in [0, 0.1) is 5.92 Å². The highest BCUT2D eigenvalue weighted by Gasteiger charge is 2.26. The fourth-order valence-corrected chi connectivity index (χ4v) is 5.70. The van der Waals surface area contributed by atoms with Crippen LogP contribution in [0.25, 0.3) is 4.96 Å². The number of nitrogens with two attached hydrogens (primary N) is 1. The second kappa shape index (κ2) is 6.13. The minimum atomic E-state index is -3.65. The SMILES string of the molecule is NNc1nc2sccn2c1S(=O)(=O)NCC1CCSCC1. The molecular weight excluding hydrogens is 330 g/mol. The molecule has 2 aromatic heterocycles. The van der Waals surface area contributed by atoms with Crippen molar-refractivity contribution >= 4 is 43.9 Å². The van der Waals surface area contributed by atoms with Crippen molar-refractivity contribution in [3.63, 3.8) is 0 Å². The molecule has 0 spiro atoms. The van der Waals surface area contributed by atoms with Crippen molar-refractivity contribution in [1.82, 2.24) is 14.1 Å². The van der Waals surface area contributed by atoms with E-state index in [4.69, 9.17) is 5.84 Å². The third-order valence-corrected chi connectivity index (χ3v) is 6.76. The minimum Gasteiger partial charge on any atom is -0.306 e. The van der Waals surface area contributed by atoms with Crippen molar-refractivity contribution in [1.29, 1.82) is 0 Å². The molecule has 0 aliphatic carbocycles. The zero-order chi connectivity index (χ0) is 14.9.